The fourth-order valence-electron chi connectivity index (χ4n) is 1.50. The molecule has 0 fully saturated rings. The molecule has 0 aliphatic heterocycles. The predicted molar refractivity (Wildman–Crippen MR) is 72.5 cm³/mol. The summed E-state index contributed by atoms with van der Waals surface area (Å²) >= 11 is 0. The average Bonchev–Trinajstić information content (AvgIpc) is 2.48. The molecular formula is C14H18F10O4. The fourth-order valence-corrected chi connectivity index (χ4v) is 1.50. The molecule has 0 spiro atoms. The molecule has 0 aromatic carbocycles. The number of hydrogen-bond acceptors (Lipinski definition) is 4. The van der Waals surface area contributed by atoms with E-state index in [-0.39, 0.29) is 6.42 Å². The van der Waals surface area contributed by atoms with Crippen molar-refractivity contribution in [1.82, 2.24) is 0 Å². The molecule has 28 heavy (non-hydrogen) atoms. The van der Waals surface area contributed by atoms with Gasteiger partial charge in [0.2, 0.25) is 0 Å². The van der Waals surface area contributed by atoms with Crippen LogP contribution in [0.2, 0.25) is 0 Å². The van der Waals surface area contributed by atoms with Gasteiger partial charge in [-0.1, -0.05) is 6.92 Å². The lowest BCUT2D eigenvalue weighted by atomic mass is 9.90. The predicted octanol–water partition coefficient (Wildman–Crippen LogP) is 4.45. The lowest BCUT2D eigenvalue weighted by Gasteiger charge is -2.42. The molecule has 0 aliphatic carbocycles. The lowest BCUT2D eigenvalue weighted by Crippen LogP contribution is -2.69. The van der Waals surface area contributed by atoms with Crippen LogP contribution in [-0.2, 0) is 14.3 Å². The first-order valence-corrected chi connectivity index (χ1v) is 7.50. The molecule has 0 bridgehead atoms. The molecule has 1 N–H and O–H groups in total. The van der Waals surface area contributed by atoms with Crippen LogP contribution in [0.5, 0.6) is 0 Å². The number of rotatable bonds is 8. The maximum absolute atomic E-state index is 14.3. The quantitative estimate of drug-likeness (QED) is 0.344. The molecule has 0 amide bonds. The maximum atomic E-state index is 14.3. The summed E-state index contributed by atoms with van der Waals surface area (Å²) in [6, 6.07) is 0. The van der Waals surface area contributed by atoms with Crippen molar-refractivity contribution >= 4 is 5.97 Å². The third-order valence-corrected chi connectivity index (χ3v) is 3.91. The molecule has 168 valence electrons. The van der Waals surface area contributed by atoms with Crippen molar-refractivity contribution in [1.29, 1.82) is 0 Å². The van der Waals surface area contributed by atoms with Gasteiger partial charge < -0.3 is 9.84 Å². The molecule has 0 rings (SSSR count). The van der Waals surface area contributed by atoms with Crippen molar-refractivity contribution in [2.75, 3.05) is 6.67 Å². The lowest BCUT2D eigenvalue weighted by molar-refractivity contribution is -0.496. The van der Waals surface area contributed by atoms with E-state index in [4.69, 9.17) is 0 Å². The first-order chi connectivity index (χ1) is 12.1. The minimum absolute atomic E-state index is 0.104. The number of hydrogen-bond donors (Lipinski definition) is 1. The Morgan fingerprint density at radius 1 is 0.929 bits per heavy atom. The molecule has 14 heteroatoms. The molecule has 0 saturated carbocycles. The number of esters is 1. The van der Waals surface area contributed by atoms with Gasteiger partial charge in [-0.25, -0.2) is 8.78 Å². The second-order valence-electron chi connectivity index (χ2n) is 6.57. The van der Waals surface area contributed by atoms with Crippen LogP contribution in [-0.4, -0.2) is 53.8 Å². The zero-order chi connectivity index (χ0) is 23.0. The van der Waals surface area contributed by atoms with Gasteiger partial charge in [0, 0.05) is 6.92 Å². The SMILES string of the molecule is CCC(C)(C)C(=O)OC(CF)C(F)(F)C(O)(OC(C)(F)C(F)(F)F)C(F)(F)F. The first kappa shape index (κ1) is 26.7. The van der Waals surface area contributed by atoms with Crippen LogP contribution < -0.4 is 0 Å². The molecule has 3 unspecified atom stereocenters. The second kappa shape index (κ2) is 7.84. The van der Waals surface area contributed by atoms with Crippen LogP contribution in [0.15, 0.2) is 0 Å². The standard InChI is InChI=1S/C14H18F10O4/c1-5-9(2,3)8(25)27-7(6-15)11(17,18)12(26,14(22,23)24)28-10(4,16)13(19,20)21/h7,26H,5-6H2,1-4H3. The molecule has 0 saturated heterocycles. The van der Waals surface area contributed by atoms with E-state index < -0.39 is 61.0 Å². The maximum Gasteiger partial charge on any atom is 0.449 e. The first-order valence-electron chi connectivity index (χ1n) is 7.50. The summed E-state index contributed by atoms with van der Waals surface area (Å²) < 4.78 is 138. The highest BCUT2D eigenvalue weighted by Crippen LogP contribution is 2.50. The Hall–Kier alpha value is -1.31. The summed E-state index contributed by atoms with van der Waals surface area (Å²) in [4.78, 5) is 11.8. The van der Waals surface area contributed by atoms with E-state index in [0.29, 0.717) is 0 Å². The molecule has 0 aromatic rings. The summed E-state index contributed by atoms with van der Waals surface area (Å²) in [7, 11) is 0. The number of carbonyl (C=O) groups is 1. The topological polar surface area (TPSA) is 55.8 Å². The van der Waals surface area contributed by atoms with E-state index in [1.165, 1.54) is 6.92 Å². The van der Waals surface area contributed by atoms with Gasteiger partial charge in [-0.2, -0.15) is 35.1 Å². The van der Waals surface area contributed by atoms with Crippen LogP contribution in [0.3, 0.4) is 0 Å². The number of alkyl halides is 10. The third kappa shape index (κ3) is 4.99. The minimum atomic E-state index is -6.75. The van der Waals surface area contributed by atoms with Crippen molar-refractivity contribution in [3.05, 3.63) is 0 Å². The van der Waals surface area contributed by atoms with Crippen molar-refractivity contribution < 1.29 is 63.3 Å². The zero-order valence-corrected chi connectivity index (χ0v) is 14.9. The van der Waals surface area contributed by atoms with Crippen LogP contribution in [0.1, 0.15) is 34.1 Å². The summed E-state index contributed by atoms with van der Waals surface area (Å²) in [6.45, 7) is 0.262. The molecule has 4 nitrogen and oxygen atoms in total. The molecule has 3 atom stereocenters. The Labute approximate surface area is 152 Å². The number of carbonyl (C=O) groups excluding carboxylic acids is 1. The normalized spacial score (nSPS) is 19.5. The highest BCUT2D eigenvalue weighted by atomic mass is 19.4. The van der Waals surface area contributed by atoms with Crippen LogP contribution in [0.4, 0.5) is 43.9 Å². The highest BCUT2D eigenvalue weighted by Gasteiger charge is 2.78. The van der Waals surface area contributed by atoms with Gasteiger partial charge in [-0.05, 0) is 20.3 Å². The monoisotopic (exact) mass is 440 g/mol. The van der Waals surface area contributed by atoms with Crippen LogP contribution in [0, 0.1) is 5.41 Å². The fraction of sp³-hybridized carbons (Fsp3) is 0.929. The third-order valence-electron chi connectivity index (χ3n) is 3.91. The van der Waals surface area contributed by atoms with Gasteiger partial charge in [0.05, 0.1) is 5.41 Å². The Morgan fingerprint density at radius 3 is 1.64 bits per heavy atom. The van der Waals surface area contributed by atoms with Gasteiger partial charge >= 0.3 is 35.9 Å². The smallest absolute Gasteiger partial charge is 0.449 e. The molecule has 0 aromatic heterocycles. The molecule has 0 aliphatic rings. The van der Waals surface area contributed by atoms with E-state index in [2.05, 4.69) is 9.47 Å². The van der Waals surface area contributed by atoms with Gasteiger partial charge in [0.1, 0.15) is 6.67 Å². The highest BCUT2D eigenvalue weighted by molar-refractivity contribution is 5.76. The van der Waals surface area contributed by atoms with Crippen molar-refractivity contribution in [3.63, 3.8) is 0 Å². The van der Waals surface area contributed by atoms with E-state index in [0.717, 1.165) is 13.8 Å². The van der Waals surface area contributed by atoms with E-state index in [1.807, 2.05) is 0 Å². The van der Waals surface area contributed by atoms with Gasteiger partial charge in [-0.15, -0.1) is 0 Å². The van der Waals surface area contributed by atoms with E-state index in [9.17, 15) is 53.8 Å². The van der Waals surface area contributed by atoms with E-state index >= 15 is 0 Å². The van der Waals surface area contributed by atoms with Gasteiger partial charge in [0.25, 0.3) is 0 Å². The summed E-state index contributed by atoms with van der Waals surface area (Å²) in [5, 5.41) is 9.25. The largest absolute Gasteiger partial charge is 0.452 e. The van der Waals surface area contributed by atoms with Crippen molar-refractivity contribution in [3.8, 4) is 0 Å². The summed E-state index contributed by atoms with van der Waals surface area (Å²) in [5.74, 6) is -19.3. The van der Waals surface area contributed by atoms with Crippen LogP contribution in [0.25, 0.3) is 0 Å². The Balaban J connectivity index is 6.22. The Bertz CT molecular complexity index is 555. The van der Waals surface area contributed by atoms with Gasteiger partial charge in [-0.3, -0.25) is 9.53 Å². The summed E-state index contributed by atoms with van der Waals surface area (Å²) in [6.07, 6.45) is -16.9. The average molecular weight is 440 g/mol. The van der Waals surface area contributed by atoms with Gasteiger partial charge in [0.15, 0.2) is 6.10 Å². The minimum Gasteiger partial charge on any atom is -0.452 e. The summed E-state index contributed by atoms with van der Waals surface area (Å²) in [5.41, 5.74) is -1.60. The number of aliphatic hydroxyl groups is 1. The van der Waals surface area contributed by atoms with Crippen molar-refractivity contribution in [2.45, 2.75) is 70.1 Å². The number of ether oxygens (including phenoxy) is 2. The molecule has 0 heterocycles. The van der Waals surface area contributed by atoms with Crippen LogP contribution >= 0.6 is 0 Å². The second-order valence-corrected chi connectivity index (χ2v) is 6.57. The Kier molecular flexibility index (Phi) is 7.47. The molecular weight excluding hydrogens is 422 g/mol. The number of halogens is 10. The Morgan fingerprint density at radius 2 is 1.36 bits per heavy atom. The zero-order valence-electron chi connectivity index (χ0n) is 14.9. The molecule has 0 radical (unpaired) electrons. The van der Waals surface area contributed by atoms with Crippen molar-refractivity contribution in [2.24, 2.45) is 5.41 Å². The van der Waals surface area contributed by atoms with E-state index in [1.54, 1.807) is 0 Å².